The van der Waals surface area contributed by atoms with Crippen molar-refractivity contribution in [1.29, 1.82) is 0 Å². The summed E-state index contributed by atoms with van der Waals surface area (Å²) in [6, 6.07) is 1.89. The van der Waals surface area contributed by atoms with E-state index in [1.165, 1.54) is 12.0 Å². The number of methoxy groups -OCH3 is 1. The van der Waals surface area contributed by atoms with Crippen LogP contribution in [0.1, 0.15) is 71.8 Å². The number of ketones is 1. The molecule has 4 N–H and O–H groups in total. The number of nitrogens with zero attached hydrogens (tertiary/aromatic N) is 1. The van der Waals surface area contributed by atoms with E-state index in [1.807, 2.05) is 6.92 Å². The first-order valence-corrected chi connectivity index (χ1v) is 17.1. The largest absolute Gasteiger partial charge is 0.495 e. The molecule has 4 aliphatic rings. The molecule has 0 bridgehead atoms. The number of carbonyl (C=O) groups excluding carboxylic acids is 5. The van der Waals surface area contributed by atoms with Crippen molar-refractivity contribution in [2.75, 3.05) is 26.9 Å². The van der Waals surface area contributed by atoms with Gasteiger partial charge in [-0.3, -0.25) is 29.5 Å². The molecule has 3 fully saturated rings. The van der Waals surface area contributed by atoms with Crippen molar-refractivity contribution >= 4 is 46.9 Å². The van der Waals surface area contributed by atoms with Gasteiger partial charge in [0.05, 0.1) is 43.6 Å². The van der Waals surface area contributed by atoms with E-state index in [2.05, 4.69) is 21.4 Å². The van der Waals surface area contributed by atoms with Gasteiger partial charge in [0.15, 0.2) is 0 Å². The summed E-state index contributed by atoms with van der Waals surface area (Å²) >= 11 is 6.38. The number of hydrogen-bond donors (Lipinski definition) is 4. The number of amides is 4. The molecule has 15 heteroatoms. The minimum absolute atomic E-state index is 0.0208. The highest BCUT2D eigenvalue weighted by Gasteiger charge is 2.54. The van der Waals surface area contributed by atoms with Gasteiger partial charge in [0, 0.05) is 24.4 Å². The summed E-state index contributed by atoms with van der Waals surface area (Å²) in [5.41, 5.74) is 2.23. The average molecular weight is 704 g/mol. The van der Waals surface area contributed by atoms with E-state index in [0.29, 0.717) is 41.5 Å². The third-order valence-electron chi connectivity index (χ3n) is 9.06. The molecule has 1 aromatic rings. The van der Waals surface area contributed by atoms with Crippen molar-refractivity contribution in [3.05, 3.63) is 34.9 Å². The maximum atomic E-state index is 14.5. The van der Waals surface area contributed by atoms with Gasteiger partial charge in [0.2, 0.25) is 17.6 Å². The molecule has 268 valence electrons. The fraction of sp³-hybridized carbons (Fsp3) is 0.618. The molecule has 3 aliphatic heterocycles. The molecular weight excluding hydrogens is 658 g/mol. The van der Waals surface area contributed by atoms with Gasteiger partial charge in [0.25, 0.3) is 5.91 Å². The van der Waals surface area contributed by atoms with Crippen LogP contribution in [0.15, 0.2) is 24.3 Å². The Hall–Kier alpha value is -3.88. The van der Waals surface area contributed by atoms with Crippen LogP contribution in [0.5, 0.6) is 5.75 Å². The van der Waals surface area contributed by atoms with Crippen LogP contribution in [0.4, 0.5) is 4.79 Å². The highest BCUT2D eigenvalue weighted by molar-refractivity contribution is 6.38. The van der Waals surface area contributed by atoms with Crippen LogP contribution in [-0.2, 0) is 33.5 Å². The average Bonchev–Trinajstić information content (AvgIpc) is 3.39. The summed E-state index contributed by atoms with van der Waals surface area (Å²) in [6.07, 6.45) is 3.54. The maximum Gasteiger partial charge on any atom is 0.408 e. The lowest BCUT2D eigenvalue weighted by atomic mass is 9.85. The van der Waals surface area contributed by atoms with Crippen molar-refractivity contribution < 1.29 is 43.0 Å². The van der Waals surface area contributed by atoms with Crippen LogP contribution in [-0.4, -0.2) is 97.2 Å². The summed E-state index contributed by atoms with van der Waals surface area (Å²) in [6.45, 7) is 7.92. The number of rotatable bonds is 12. The standard InChI is InChI=1S/C34H46ClN5O9/c1-6-7-23(27(41)30(43)36-20-9-10-20)37-29(42)25-16-34(15-24(39-49-34)19-8-11-26(46-5)22(35)14-19)18-40(25)31(44)28(33(2,3)4)38-32(45)48-21-12-13-47-17-21/h8,11,14-15,20-21,23,25,28,39H,6-7,9-10,12-13,16-18H2,1-5H3,(H,36,43)(H,37,42)(H,38,45)/t21-,23-,25-,28+,34-/m0/s1. The molecule has 0 unspecified atom stereocenters. The monoisotopic (exact) mass is 703 g/mol. The molecule has 2 saturated heterocycles. The third-order valence-corrected chi connectivity index (χ3v) is 9.35. The summed E-state index contributed by atoms with van der Waals surface area (Å²) in [5, 5.41) is 8.56. The predicted molar refractivity (Wildman–Crippen MR) is 178 cm³/mol. The van der Waals surface area contributed by atoms with Gasteiger partial charge in [0.1, 0.15) is 29.5 Å². The molecule has 14 nitrogen and oxygen atoms in total. The molecule has 3 heterocycles. The zero-order valence-corrected chi connectivity index (χ0v) is 29.3. The number of hydrogen-bond acceptors (Lipinski definition) is 10. The number of alkyl carbamates (subject to hydrolysis) is 1. The van der Waals surface area contributed by atoms with E-state index < -0.39 is 64.8 Å². The Balaban J connectivity index is 1.42. The summed E-state index contributed by atoms with van der Waals surface area (Å²) in [4.78, 5) is 74.8. The fourth-order valence-corrected chi connectivity index (χ4v) is 6.45. The number of halogens is 1. The van der Waals surface area contributed by atoms with E-state index in [0.717, 1.165) is 12.8 Å². The van der Waals surface area contributed by atoms with Gasteiger partial charge < -0.3 is 35.1 Å². The van der Waals surface area contributed by atoms with E-state index in [4.69, 9.17) is 30.6 Å². The molecule has 49 heavy (non-hydrogen) atoms. The smallest absolute Gasteiger partial charge is 0.408 e. The number of likely N-dealkylation sites (tertiary alicyclic amines) is 1. The number of nitrogens with one attached hydrogen (secondary N) is 4. The molecule has 1 aromatic carbocycles. The van der Waals surface area contributed by atoms with E-state index in [-0.39, 0.29) is 32.0 Å². The second kappa shape index (κ2) is 14.9. The second-order valence-electron chi connectivity index (χ2n) is 14.2. The van der Waals surface area contributed by atoms with Crippen molar-refractivity contribution in [1.82, 2.24) is 26.3 Å². The first-order chi connectivity index (χ1) is 23.2. The van der Waals surface area contributed by atoms with Crippen LogP contribution in [0.25, 0.3) is 5.70 Å². The molecule has 5 atom stereocenters. The van der Waals surface area contributed by atoms with Crippen molar-refractivity contribution in [3.63, 3.8) is 0 Å². The summed E-state index contributed by atoms with van der Waals surface area (Å²) < 4.78 is 16.1. The number of hydroxylamine groups is 1. The van der Waals surface area contributed by atoms with E-state index in [1.54, 1.807) is 45.0 Å². The van der Waals surface area contributed by atoms with Crippen LogP contribution in [0.2, 0.25) is 5.02 Å². The number of Topliss-reactive ketones (excluding diaryl/α,β-unsaturated/α-hetero) is 1. The van der Waals surface area contributed by atoms with E-state index in [9.17, 15) is 24.0 Å². The summed E-state index contributed by atoms with van der Waals surface area (Å²) in [5.74, 6) is -2.14. The third kappa shape index (κ3) is 8.65. The first-order valence-electron chi connectivity index (χ1n) is 16.7. The lowest BCUT2D eigenvalue weighted by molar-refractivity contribution is -0.144. The SMILES string of the molecule is CCC[C@H](NC(=O)[C@@H]1C[C@@]2(C=C(c3ccc(OC)c(Cl)c3)NO2)CN1C(=O)[C@@H](NC(=O)O[C@H]1CCOC1)C(C)(C)C)C(=O)C(=O)NC1CC1. The van der Waals surface area contributed by atoms with Crippen LogP contribution < -0.4 is 26.2 Å². The number of ether oxygens (including phenoxy) is 3. The van der Waals surface area contributed by atoms with Gasteiger partial charge in [-0.25, -0.2) is 4.79 Å². The quantitative estimate of drug-likeness (QED) is 0.237. The molecular formula is C34H46ClN5O9. The number of carbonyl (C=O) groups is 5. The molecule has 0 aromatic heterocycles. The zero-order chi connectivity index (χ0) is 35.5. The second-order valence-corrected chi connectivity index (χ2v) is 14.6. The zero-order valence-electron chi connectivity index (χ0n) is 28.6. The lowest BCUT2D eigenvalue weighted by Crippen LogP contribution is -2.59. The van der Waals surface area contributed by atoms with E-state index >= 15 is 0 Å². The normalized spacial score (nSPS) is 24.4. The molecule has 5 rings (SSSR count). The highest BCUT2D eigenvalue weighted by Crippen LogP contribution is 2.40. The summed E-state index contributed by atoms with van der Waals surface area (Å²) in [7, 11) is 1.52. The van der Waals surface area contributed by atoms with Gasteiger partial charge in [-0.1, -0.05) is 45.7 Å². The van der Waals surface area contributed by atoms with Crippen LogP contribution >= 0.6 is 11.6 Å². The highest BCUT2D eigenvalue weighted by atomic mass is 35.5. The fourth-order valence-electron chi connectivity index (χ4n) is 6.19. The lowest BCUT2D eigenvalue weighted by Gasteiger charge is -2.35. The number of benzene rings is 1. The Bertz CT molecular complexity index is 1490. The minimum atomic E-state index is -1.16. The topological polar surface area (TPSA) is 174 Å². The molecule has 4 amide bonds. The van der Waals surface area contributed by atoms with Gasteiger partial charge in [-0.2, -0.15) is 0 Å². The van der Waals surface area contributed by atoms with Crippen LogP contribution in [0.3, 0.4) is 0 Å². The Kier molecular flexibility index (Phi) is 11.1. The molecule has 1 aliphatic carbocycles. The minimum Gasteiger partial charge on any atom is -0.495 e. The van der Waals surface area contributed by atoms with Gasteiger partial charge in [-0.15, -0.1) is 0 Å². The van der Waals surface area contributed by atoms with Crippen molar-refractivity contribution in [2.24, 2.45) is 5.41 Å². The Labute approximate surface area is 290 Å². The molecule has 1 saturated carbocycles. The predicted octanol–water partition coefficient (Wildman–Crippen LogP) is 2.63. The molecule has 0 radical (unpaired) electrons. The molecule has 1 spiro atoms. The Morgan fingerprint density at radius 2 is 1.90 bits per heavy atom. The Morgan fingerprint density at radius 1 is 1.14 bits per heavy atom. The maximum absolute atomic E-state index is 14.5. The van der Waals surface area contributed by atoms with Crippen molar-refractivity contribution in [3.8, 4) is 5.75 Å². The van der Waals surface area contributed by atoms with Crippen LogP contribution in [0, 0.1) is 5.41 Å². The van der Waals surface area contributed by atoms with Gasteiger partial charge in [-0.05, 0) is 49.0 Å². The van der Waals surface area contributed by atoms with Crippen molar-refractivity contribution in [2.45, 2.75) is 102 Å². The van der Waals surface area contributed by atoms with Gasteiger partial charge >= 0.3 is 6.09 Å². The Morgan fingerprint density at radius 3 is 2.51 bits per heavy atom. The first kappa shape index (κ1) is 36.4.